The summed E-state index contributed by atoms with van der Waals surface area (Å²) in [5.74, 6) is 0.223. The molecule has 4 heteroatoms. The van der Waals surface area contributed by atoms with Crippen molar-refractivity contribution in [1.82, 2.24) is 0 Å². The van der Waals surface area contributed by atoms with E-state index in [0.717, 1.165) is 43.2 Å². The highest BCUT2D eigenvalue weighted by atomic mass is 16.7. The van der Waals surface area contributed by atoms with Crippen molar-refractivity contribution in [2.24, 2.45) is 11.8 Å². The maximum atomic E-state index is 13.4. The molecule has 1 fully saturated rings. The Morgan fingerprint density at radius 1 is 0.905 bits per heavy atom. The lowest BCUT2D eigenvalue weighted by Gasteiger charge is -2.32. The normalized spacial score (nSPS) is 20.2. The quantitative estimate of drug-likeness (QED) is 0.0897. The standard InChI is InChI=1S/C38H54O4/c1-5-7-9-10-11-19-25-34-35(37(28-36(34)39)42-38(3,4)32-22-17-13-18-23-32)27-26-33(24-14-8-6-2)41-30-40-29-31-20-15-12-16-21-31/h11-13,15-23,26-27,33-35,37H,5-10,14,24-25,28-30H2,1-4H3/b19-11-,27-26+/t33-,34-,35-,37+/m1/s1. The Kier molecular flexibility index (Phi) is 15.3. The molecule has 4 nitrogen and oxygen atoms in total. The lowest BCUT2D eigenvalue weighted by Crippen LogP contribution is -2.31. The van der Waals surface area contributed by atoms with Gasteiger partial charge in [-0.15, -0.1) is 0 Å². The number of ether oxygens (including phenoxy) is 3. The third-order valence-electron chi connectivity index (χ3n) is 8.27. The molecule has 0 aliphatic heterocycles. The summed E-state index contributed by atoms with van der Waals surface area (Å²) in [5, 5.41) is 0. The van der Waals surface area contributed by atoms with Gasteiger partial charge in [0, 0.05) is 18.3 Å². The van der Waals surface area contributed by atoms with Crippen LogP contribution in [0.4, 0.5) is 0 Å². The fraction of sp³-hybridized carbons (Fsp3) is 0.553. The lowest BCUT2D eigenvalue weighted by atomic mass is 9.89. The third kappa shape index (κ3) is 11.6. The molecule has 1 saturated carbocycles. The fourth-order valence-electron chi connectivity index (χ4n) is 5.74. The van der Waals surface area contributed by atoms with Gasteiger partial charge in [0.25, 0.3) is 0 Å². The second kappa shape index (κ2) is 18.9. The Balaban J connectivity index is 1.72. The SMILES string of the molecule is CCCCC/C=C\C[C@H]1C(=O)C[C@H](OC(C)(C)c2ccccc2)[C@@H]1/C=C/[C@@H](CCCCC)OCOCc1ccccc1. The fourth-order valence-corrected chi connectivity index (χ4v) is 5.74. The van der Waals surface area contributed by atoms with Crippen LogP contribution in [-0.2, 0) is 31.2 Å². The van der Waals surface area contributed by atoms with Crippen molar-refractivity contribution in [2.75, 3.05) is 6.79 Å². The van der Waals surface area contributed by atoms with E-state index < -0.39 is 5.60 Å². The van der Waals surface area contributed by atoms with Crippen LogP contribution in [-0.4, -0.2) is 24.8 Å². The van der Waals surface area contributed by atoms with Gasteiger partial charge in [0.05, 0.1) is 24.4 Å². The van der Waals surface area contributed by atoms with Gasteiger partial charge in [-0.2, -0.15) is 0 Å². The topological polar surface area (TPSA) is 44.8 Å². The maximum Gasteiger partial charge on any atom is 0.147 e. The van der Waals surface area contributed by atoms with Crippen LogP contribution in [0.2, 0.25) is 0 Å². The van der Waals surface area contributed by atoms with Gasteiger partial charge >= 0.3 is 0 Å². The Morgan fingerprint density at radius 3 is 2.31 bits per heavy atom. The van der Waals surface area contributed by atoms with Gasteiger partial charge in [0.15, 0.2) is 0 Å². The number of Topliss-reactive ketones (excluding diaryl/α,β-unsaturated/α-hetero) is 1. The average Bonchev–Trinajstić information content (AvgIpc) is 3.28. The number of rotatable bonds is 20. The minimum absolute atomic E-state index is 0.00305. The molecule has 1 aliphatic carbocycles. The van der Waals surface area contributed by atoms with Crippen molar-refractivity contribution < 1.29 is 19.0 Å². The molecule has 0 amide bonds. The van der Waals surface area contributed by atoms with Crippen LogP contribution in [0.15, 0.2) is 85.0 Å². The van der Waals surface area contributed by atoms with Gasteiger partial charge in [-0.05, 0) is 50.7 Å². The van der Waals surface area contributed by atoms with E-state index >= 15 is 0 Å². The van der Waals surface area contributed by atoms with Crippen molar-refractivity contribution in [2.45, 2.75) is 116 Å². The molecule has 42 heavy (non-hydrogen) atoms. The number of hydrogen-bond acceptors (Lipinski definition) is 4. The molecular weight excluding hydrogens is 520 g/mol. The molecule has 0 spiro atoms. The van der Waals surface area contributed by atoms with E-state index in [1.54, 1.807) is 0 Å². The van der Waals surface area contributed by atoms with Crippen LogP contribution in [0.3, 0.4) is 0 Å². The zero-order valence-electron chi connectivity index (χ0n) is 26.5. The molecule has 3 rings (SSSR count). The van der Waals surface area contributed by atoms with Crippen molar-refractivity contribution >= 4 is 5.78 Å². The van der Waals surface area contributed by atoms with Crippen molar-refractivity contribution in [1.29, 1.82) is 0 Å². The van der Waals surface area contributed by atoms with Gasteiger partial charge in [0.1, 0.15) is 12.6 Å². The summed E-state index contributed by atoms with van der Waals surface area (Å²) in [6.07, 6.45) is 18.9. The van der Waals surface area contributed by atoms with Gasteiger partial charge < -0.3 is 14.2 Å². The number of allylic oxidation sites excluding steroid dienone is 2. The minimum Gasteiger partial charge on any atom is -0.367 e. The van der Waals surface area contributed by atoms with E-state index in [9.17, 15) is 4.79 Å². The van der Waals surface area contributed by atoms with Crippen LogP contribution < -0.4 is 0 Å². The first-order valence-electron chi connectivity index (χ1n) is 16.3. The van der Waals surface area contributed by atoms with E-state index in [-0.39, 0.29) is 30.8 Å². The summed E-state index contributed by atoms with van der Waals surface area (Å²) in [7, 11) is 0. The van der Waals surface area contributed by atoms with Crippen molar-refractivity contribution in [3.05, 3.63) is 96.1 Å². The molecule has 0 bridgehead atoms. The smallest absolute Gasteiger partial charge is 0.147 e. The summed E-state index contributed by atoms with van der Waals surface area (Å²) in [6, 6.07) is 20.5. The highest BCUT2D eigenvalue weighted by Gasteiger charge is 2.43. The zero-order valence-corrected chi connectivity index (χ0v) is 26.5. The number of hydrogen-bond donors (Lipinski definition) is 0. The molecule has 0 N–H and O–H groups in total. The van der Waals surface area contributed by atoms with Crippen LogP contribution in [0.25, 0.3) is 0 Å². The summed E-state index contributed by atoms with van der Waals surface area (Å²) in [5.41, 5.74) is 1.76. The largest absolute Gasteiger partial charge is 0.367 e. The van der Waals surface area contributed by atoms with E-state index in [2.05, 4.69) is 76.3 Å². The van der Waals surface area contributed by atoms with E-state index in [1.165, 1.54) is 25.7 Å². The Hall–Kier alpha value is -2.53. The lowest BCUT2D eigenvalue weighted by molar-refractivity contribution is -0.122. The summed E-state index contributed by atoms with van der Waals surface area (Å²) in [6.45, 7) is 9.43. The van der Waals surface area contributed by atoms with Crippen molar-refractivity contribution in [3.8, 4) is 0 Å². The summed E-state index contributed by atoms with van der Waals surface area (Å²) in [4.78, 5) is 13.4. The molecule has 2 aromatic rings. The Labute approximate surface area is 255 Å². The van der Waals surface area contributed by atoms with E-state index in [0.29, 0.717) is 18.8 Å². The molecule has 0 saturated heterocycles. The first kappa shape index (κ1) is 34.0. The van der Waals surface area contributed by atoms with Crippen LogP contribution in [0.5, 0.6) is 0 Å². The zero-order chi connectivity index (χ0) is 30.0. The molecule has 2 aromatic carbocycles. The van der Waals surface area contributed by atoms with Crippen LogP contribution in [0, 0.1) is 11.8 Å². The van der Waals surface area contributed by atoms with Crippen LogP contribution >= 0.6 is 0 Å². The Morgan fingerprint density at radius 2 is 1.60 bits per heavy atom. The Bertz CT molecular complexity index is 1060. The third-order valence-corrected chi connectivity index (χ3v) is 8.27. The molecular formula is C38H54O4. The van der Waals surface area contributed by atoms with Gasteiger partial charge in [0.2, 0.25) is 0 Å². The average molecular weight is 575 g/mol. The van der Waals surface area contributed by atoms with Crippen LogP contribution in [0.1, 0.15) is 103 Å². The number of benzene rings is 2. The molecule has 0 unspecified atom stereocenters. The second-order valence-electron chi connectivity index (χ2n) is 12.1. The van der Waals surface area contributed by atoms with Gasteiger partial charge in [-0.1, -0.05) is 131 Å². The first-order chi connectivity index (χ1) is 20.4. The van der Waals surface area contributed by atoms with Gasteiger partial charge in [-0.3, -0.25) is 4.79 Å². The summed E-state index contributed by atoms with van der Waals surface area (Å²) < 4.78 is 18.9. The first-order valence-corrected chi connectivity index (χ1v) is 16.3. The van der Waals surface area contributed by atoms with E-state index in [4.69, 9.17) is 14.2 Å². The number of ketones is 1. The molecule has 0 heterocycles. The number of carbonyl (C=O) groups is 1. The monoisotopic (exact) mass is 574 g/mol. The molecule has 0 aromatic heterocycles. The second-order valence-corrected chi connectivity index (χ2v) is 12.1. The number of carbonyl (C=O) groups excluding carboxylic acids is 1. The molecule has 230 valence electrons. The molecule has 4 atom stereocenters. The minimum atomic E-state index is -0.495. The molecule has 0 radical (unpaired) electrons. The molecule has 1 aliphatic rings. The number of unbranched alkanes of at least 4 members (excludes halogenated alkanes) is 5. The van der Waals surface area contributed by atoms with E-state index in [1.807, 2.05) is 36.4 Å². The highest BCUT2D eigenvalue weighted by molar-refractivity contribution is 5.85. The maximum absolute atomic E-state index is 13.4. The highest BCUT2D eigenvalue weighted by Crippen LogP contribution is 2.39. The van der Waals surface area contributed by atoms with Crippen molar-refractivity contribution in [3.63, 3.8) is 0 Å². The predicted octanol–water partition coefficient (Wildman–Crippen LogP) is 9.73. The van der Waals surface area contributed by atoms with Gasteiger partial charge in [-0.25, -0.2) is 0 Å². The summed E-state index contributed by atoms with van der Waals surface area (Å²) >= 11 is 0. The predicted molar refractivity (Wildman–Crippen MR) is 173 cm³/mol.